The lowest BCUT2D eigenvalue weighted by Crippen LogP contribution is -2.40. The molecule has 0 aliphatic rings. The molecule has 1 aromatic carbocycles. The average molecular weight is 488 g/mol. The maximum Gasteiger partial charge on any atom is 0.191 e. The van der Waals surface area contributed by atoms with Crippen LogP contribution in [0.25, 0.3) is 0 Å². The van der Waals surface area contributed by atoms with Crippen molar-refractivity contribution in [2.24, 2.45) is 10.9 Å². The van der Waals surface area contributed by atoms with Crippen molar-refractivity contribution < 1.29 is 4.39 Å². The van der Waals surface area contributed by atoms with Crippen LogP contribution in [-0.4, -0.2) is 40.4 Å². The summed E-state index contributed by atoms with van der Waals surface area (Å²) < 4.78 is 15.7. The lowest BCUT2D eigenvalue weighted by Gasteiger charge is -2.14. The van der Waals surface area contributed by atoms with E-state index in [1.165, 1.54) is 6.07 Å². The first kappa shape index (κ1) is 23.3. The molecule has 27 heavy (non-hydrogen) atoms. The van der Waals surface area contributed by atoms with Crippen molar-refractivity contribution in [1.29, 1.82) is 0 Å². The summed E-state index contributed by atoms with van der Waals surface area (Å²) in [7, 11) is 0. The van der Waals surface area contributed by atoms with Gasteiger partial charge < -0.3 is 15.2 Å². The fourth-order valence-electron chi connectivity index (χ4n) is 2.50. The Morgan fingerprint density at radius 2 is 1.96 bits per heavy atom. The normalized spacial score (nSPS) is 11.4. The number of aliphatic imine (C=N–C) groups is 1. The molecular formula is C19H30FIN6. The zero-order valence-corrected chi connectivity index (χ0v) is 18.6. The van der Waals surface area contributed by atoms with E-state index in [9.17, 15) is 4.39 Å². The number of rotatable bonds is 9. The van der Waals surface area contributed by atoms with Gasteiger partial charge in [0.1, 0.15) is 18.0 Å². The molecule has 0 atom stereocenters. The summed E-state index contributed by atoms with van der Waals surface area (Å²) in [6.07, 6.45) is 3.21. The number of hydrogen-bond acceptors (Lipinski definition) is 3. The highest BCUT2D eigenvalue weighted by atomic mass is 127. The topological polar surface area (TPSA) is 67.1 Å². The maximum absolute atomic E-state index is 13.7. The average Bonchev–Trinajstić information content (AvgIpc) is 3.08. The van der Waals surface area contributed by atoms with E-state index in [1.54, 1.807) is 12.4 Å². The number of aryl methyl sites for hydroxylation is 1. The van der Waals surface area contributed by atoms with Crippen LogP contribution in [0.15, 0.2) is 35.6 Å². The molecule has 1 aromatic heterocycles. The second-order valence-corrected chi connectivity index (χ2v) is 6.57. The molecule has 2 N–H and O–H groups in total. The van der Waals surface area contributed by atoms with Crippen molar-refractivity contribution in [3.63, 3.8) is 0 Å². The van der Waals surface area contributed by atoms with Crippen molar-refractivity contribution in [3.05, 3.63) is 47.8 Å². The zero-order chi connectivity index (χ0) is 18.8. The molecule has 0 fully saturated rings. The van der Waals surface area contributed by atoms with Crippen molar-refractivity contribution in [1.82, 2.24) is 25.4 Å². The van der Waals surface area contributed by atoms with E-state index in [-0.39, 0.29) is 29.8 Å². The van der Waals surface area contributed by atoms with Gasteiger partial charge in [-0.25, -0.2) is 4.39 Å². The van der Waals surface area contributed by atoms with E-state index in [0.29, 0.717) is 31.0 Å². The first-order valence-electron chi connectivity index (χ1n) is 9.22. The van der Waals surface area contributed by atoms with Crippen molar-refractivity contribution in [3.8, 4) is 0 Å². The summed E-state index contributed by atoms with van der Waals surface area (Å²) in [5, 5.41) is 14.7. The number of aromatic nitrogens is 3. The summed E-state index contributed by atoms with van der Waals surface area (Å²) >= 11 is 0. The Kier molecular flexibility index (Phi) is 10.9. The van der Waals surface area contributed by atoms with E-state index in [0.717, 1.165) is 31.3 Å². The molecule has 1 heterocycles. The van der Waals surface area contributed by atoms with Crippen molar-refractivity contribution in [2.75, 3.05) is 19.6 Å². The summed E-state index contributed by atoms with van der Waals surface area (Å²) in [4.78, 5) is 4.60. The Balaban J connectivity index is 0.00000364. The van der Waals surface area contributed by atoms with Gasteiger partial charge in [-0.3, -0.25) is 4.99 Å². The number of nitrogens with one attached hydrogen (secondary N) is 2. The van der Waals surface area contributed by atoms with Gasteiger partial charge in [0.05, 0.1) is 0 Å². The number of nitrogens with zero attached hydrogens (tertiary/aromatic N) is 4. The molecule has 2 aromatic rings. The van der Waals surface area contributed by atoms with Gasteiger partial charge in [-0.15, -0.1) is 34.2 Å². The molecule has 0 saturated carbocycles. The van der Waals surface area contributed by atoms with Crippen LogP contribution >= 0.6 is 24.0 Å². The smallest absolute Gasteiger partial charge is 0.191 e. The zero-order valence-electron chi connectivity index (χ0n) is 16.3. The molecule has 0 bridgehead atoms. The predicted molar refractivity (Wildman–Crippen MR) is 118 cm³/mol. The van der Waals surface area contributed by atoms with Crippen LogP contribution in [0.1, 0.15) is 32.2 Å². The van der Waals surface area contributed by atoms with Gasteiger partial charge in [0.25, 0.3) is 0 Å². The monoisotopic (exact) mass is 488 g/mol. The molecule has 0 aliphatic carbocycles. The van der Waals surface area contributed by atoms with E-state index in [4.69, 9.17) is 0 Å². The SMILES string of the molecule is CCc1nncn1CCNC(=NCC(C)C)NCCc1ccccc1F.I. The van der Waals surface area contributed by atoms with Gasteiger partial charge in [-0.2, -0.15) is 0 Å². The van der Waals surface area contributed by atoms with Gasteiger partial charge in [0, 0.05) is 32.6 Å². The van der Waals surface area contributed by atoms with E-state index in [2.05, 4.69) is 46.6 Å². The van der Waals surface area contributed by atoms with Crippen molar-refractivity contribution in [2.45, 2.75) is 40.2 Å². The van der Waals surface area contributed by atoms with Crippen LogP contribution in [0.2, 0.25) is 0 Å². The highest BCUT2D eigenvalue weighted by Crippen LogP contribution is 2.06. The fraction of sp³-hybridized carbons (Fsp3) is 0.526. The van der Waals surface area contributed by atoms with Gasteiger partial charge >= 0.3 is 0 Å². The summed E-state index contributed by atoms with van der Waals surface area (Å²) in [6.45, 7) is 9.17. The Morgan fingerprint density at radius 3 is 2.67 bits per heavy atom. The van der Waals surface area contributed by atoms with Gasteiger partial charge in [-0.1, -0.05) is 39.0 Å². The van der Waals surface area contributed by atoms with Crippen LogP contribution < -0.4 is 10.6 Å². The molecule has 150 valence electrons. The van der Waals surface area contributed by atoms with Crippen LogP contribution in [0, 0.1) is 11.7 Å². The molecule has 6 nitrogen and oxygen atoms in total. The first-order chi connectivity index (χ1) is 12.6. The quantitative estimate of drug-likeness (QED) is 0.324. The summed E-state index contributed by atoms with van der Waals surface area (Å²) in [6, 6.07) is 6.87. The molecule has 0 aliphatic heterocycles. The maximum atomic E-state index is 13.7. The van der Waals surface area contributed by atoms with E-state index < -0.39 is 0 Å². The Morgan fingerprint density at radius 1 is 1.22 bits per heavy atom. The predicted octanol–water partition coefficient (Wildman–Crippen LogP) is 3.03. The highest BCUT2D eigenvalue weighted by molar-refractivity contribution is 14.0. The van der Waals surface area contributed by atoms with E-state index in [1.807, 2.05) is 16.7 Å². The molecule has 0 amide bonds. The standard InChI is InChI=1S/C19H29FN6.HI/c1-4-18-25-24-14-26(18)12-11-22-19(23-13-15(2)3)21-10-9-16-7-5-6-8-17(16)20;/h5-8,14-15H,4,9-13H2,1-3H3,(H2,21,22,23);1H. The third kappa shape index (κ3) is 8.23. The number of halogens is 2. The lowest BCUT2D eigenvalue weighted by molar-refractivity contribution is 0.603. The molecule has 2 rings (SSSR count). The van der Waals surface area contributed by atoms with Crippen LogP contribution in [-0.2, 0) is 19.4 Å². The van der Waals surface area contributed by atoms with Crippen LogP contribution in [0.4, 0.5) is 4.39 Å². The minimum Gasteiger partial charge on any atom is -0.356 e. The third-order valence-electron chi connectivity index (χ3n) is 3.92. The Hall–Kier alpha value is -1.71. The molecule has 0 spiro atoms. The molecule has 0 radical (unpaired) electrons. The van der Waals surface area contributed by atoms with Crippen LogP contribution in [0.5, 0.6) is 0 Å². The van der Waals surface area contributed by atoms with Crippen LogP contribution in [0.3, 0.4) is 0 Å². The Labute approximate surface area is 178 Å². The number of hydrogen-bond donors (Lipinski definition) is 2. The van der Waals surface area contributed by atoms with Gasteiger partial charge in [-0.05, 0) is 24.0 Å². The molecule has 0 unspecified atom stereocenters. The lowest BCUT2D eigenvalue weighted by atomic mass is 10.1. The molecule has 8 heteroatoms. The van der Waals surface area contributed by atoms with Gasteiger partial charge in [0.15, 0.2) is 5.96 Å². The number of guanidine groups is 1. The van der Waals surface area contributed by atoms with Crippen molar-refractivity contribution >= 4 is 29.9 Å². The minimum absolute atomic E-state index is 0. The summed E-state index contributed by atoms with van der Waals surface area (Å²) in [5.74, 6) is 2.04. The van der Waals surface area contributed by atoms with Gasteiger partial charge in [0.2, 0.25) is 0 Å². The second-order valence-electron chi connectivity index (χ2n) is 6.57. The van der Waals surface area contributed by atoms with E-state index >= 15 is 0 Å². The molecular weight excluding hydrogens is 458 g/mol. The first-order valence-corrected chi connectivity index (χ1v) is 9.22. The largest absolute Gasteiger partial charge is 0.356 e. The highest BCUT2D eigenvalue weighted by Gasteiger charge is 2.05. The second kappa shape index (κ2) is 12.6. The minimum atomic E-state index is -0.164. The number of benzene rings is 1. The Bertz CT molecular complexity index is 701. The molecule has 0 saturated heterocycles. The third-order valence-corrected chi connectivity index (χ3v) is 3.92. The fourth-order valence-corrected chi connectivity index (χ4v) is 2.50. The summed E-state index contributed by atoms with van der Waals surface area (Å²) in [5.41, 5.74) is 0.709.